The highest BCUT2D eigenvalue weighted by atomic mass is 17.1. The van der Waals surface area contributed by atoms with Crippen LogP contribution >= 0.6 is 0 Å². The van der Waals surface area contributed by atoms with Crippen LogP contribution in [0.4, 0.5) is 0 Å². The standard InChI is InChI=1S/C25H32N4O7/c1-5-27(6-2)22(30)20(23(31)28(7-3)8-4)11-9-10-19-21(16-36-35)26-29(24(19)32)18-14-12-17(13-15-18)25(33)34/h9-15,26,35H,5-8,16H2,1-4H3,(H,33,34). The van der Waals surface area contributed by atoms with Gasteiger partial charge in [-0.25, -0.2) is 14.4 Å². The van der Waals surface area contributed by atoms with Crippen LogP contribution in [0, 0.1) is 0 Å². The number of hydrogen-bond acceptors (Lipinski definition) is 6. The molecule has 0 spiro atoms. The van der Waals surface area contributed by atoms with Crippen molar-refractivity contribution in [2.75, 3.05) is 26.2 Å². The molecule has 11 nitrogen and oxygen atoms in total. The lowest BCUT2D eigenvalue weighted by Gasteiger charge is -2.24. The van der Waals surface area contributed by atoms with Crippen molar-refractivity contribution in [3.63, 3.8) is 0 Å². The van der Waals surface area contributed by atoms with E-state index in [2.05, 4.69) is 9.99 Å². The highest BCUT2D eigenvalue weighted by Crippen LogP contribution is 2.13. The number of likely N-dealkylation sites (N-methyl/N-ethyl adjacent to an activating group) is 2. The van der Waals surface area contributed by atoms with Gasteiger partial charge in [-0.15, -0.1) is 0 Å². The van der Waals surface area contributed by atoms with Gasteiger partial charge in [0, 0.05) is 26.2 Å². The van der Waals surface area contributed by atoms with Crippen LogP contribution in [0.3, 0.4) is 0 Å². The van der Waals surface area contributed by atoms with Crippen LogP contribution in [0.2, 0.25) is 0 Å². The Morgan fingerprint density at radius 1 is 0.972 bits per heavy atom. The maximum absolute atomic E-state index is 13.1. The Labute approximate surface area is 208 Å². The Balaban J connectivity index is 2.53. The Morgan fingerprint density at radius 2 is 1.50 bits per heavy atom. The van der Waals surface area contributed by atoms with Gasteiger partial charge in [0.25, 0.3) is 17.4 Å². The molecule has 0 aliphatic carbocycles. The number of aromatic amines is 1. The van der Waals surface area contributed by atoms with E-state index in [0.717, 1.165) is 0 Å². The van der Waals surface area contributed by atoms with Crippen molar-refractivity contribution in [1.29, 1.82) is 0 Å². The molecular formula is C25H32N4O7. The van der Waals surface area contributed by atoms with Gasteiger partial charge in [-0.1, -0.05) is 6.08 Å². The number of carbonyl (C=O) groups excluding carboxylic acids is 2. The van der Waals surface area contributed by atoms with Crippen LogP contribution < -0.4 is 5.56 Å². The van der Waals surface area contributed by atoms with Crippen molar-refractivity contribution in [3.05, 3.63) is 69.2 Å². The van der Waals surface area contributed by atoms with Crippen molar-refractivity contribution >= 4 is 23.9 Å². The lowest BCUT2D eigenvalue weighted by Crippen LogP contribution is -2.40. The predicted octanol–water partition coefficient (Wildman–Crippen LogP) is 2.53. The van der Waals surface area contributed by atoms with Crippen LogP contribution in [0.15, 0.2) is 46.8 Å². The zero-order valence-electron chi connectivity index (χ0n) is 20.9. The molecule has 2 rings (SSSR count). The summed E-state index contributed by atoms with van der Waals surface area (Å²) in [4.78, 5) is 57.5. The van der Waals surface area contributed by atoms with Gasteiger partial charge in [-0.3, -0.25) is 24.7 Å². The number of rotatable bonds is 12. The zero-order valence-corrected chi connectivity index (χ0v) is 20.9. The number of nitrogens with zero attached hydrogens (tertiary/aromatic N) is 3. The predicted molar refractivity (Wildman–Crippen MR) is 134 cm³/mol. The van der Waals surface area contributed by atoms with Crippen LogP contribution in [0.1, 0.15) is 49.3 Å². The minimum atomic E-state index is -1.10. The molecule has 0 aliphatic rings. The maximum atomic E-state index is 13.1. The van der Waals surface area contributed by atoms with Gasteiger partial charge in [0.05, 0.1) is 22.5 Å². The largest absolute Gasteiger partial charge is 0.478 e. The maximum Gasteiger partial charge on any atom is 0.335 e. The Kier molecular flexibility index (Phi) is 10.4. The summed E-state index contributed by atoms with van der Waals surface area (Å²) in [5.74, 6) is -1.92. The van der Waals surface area contributed by atoms with Crippen LogP contribution in [0.5, 0.6) is 0 Å². The van der Waals surface area contributed by atoms with Crippen LogP contribution in [0.25, 0.3) is 11.8 Å². The molecule has 194 valence electrons. The topological polar surface area (TPSA) is 145 Å². The number of amides is 2. The van der Waals surface area contributed by atoms with E-state index in [9.17, 15) is 19.2 Å². The zero-order chi connectivity index (χ0) is 26.8. The number of aromatic carboxylic acids is 1. The number of carbonyl (C=O) groups is 3. The summed E-state index contributed by atoms with van der Waals surface area (Å²) >= 11 is 0. The van der Waals surface area contributed by atoms with E-state index >= 15 is 0 Å². The first-order valence-electron chi connectivity index (χ1n) is 11.6. The summed E-state index contributed by atoms with van der Waals surface area (Å²) in [5, 5.41) is 20.9. The number of benzene rings is 1. The quantitative estimate of drug-likeness (QED) is 0.101. The van der Waals surface area contributed by atoms with Crippen LogP contribution in [-0.2, 0) is 21.1 Å². The van der Waals surface area contributed by atoms with Crippen molar-refractivity contribution in [1.82, 2.24) is 19.6 Å². The van der Waals surface area contributed by atoms with Gasteiger partial charge in [0.2, 0.25) is 0 Å². The third-order valence-electron chi connectivity index (χ3n) is 5.67. The van der Waals surface area contributed by atoms with E-state index in [1.807, 2.05) is 27.7 Å². The number of carboxylic acid groups (broad SMARTS) is 1. The normalized spacial score (nSPS) is 10.9. The van der Waals surface area contributed by atoms with E-state index in [0.29, 0.717) is 31.9 Å². The van der Waals surface area contributed by atoms with E-state index in [1.54, 1.807) is 0 Å². The second-order valence-corrected chi connectivity index (χ2v) is 7.66. The second kappa shape index (κ2) is 13.2. The molecule has 11 heteroatoms. The first-order chi connectivity index (χ1) is 17.2. The number of H-pyrrole nitrogens is 1. The average molecular weight is 501 g/mol. The number of carboxylic acids is 1. The molecule has 36 heavy (non-hydrogen) atoms. The molecule has 3 N–H and O–H groups in total. The Morgan fingerprint density at radius 3 is 1.94 bits per heavy atom. The number of hydrogen-bond donors (Lipinski definition) is 3. The third kappa shape index (κ3) is 6.37. The highest BCUT2D eigenvalue weighted by Gasteiger charge is 2.25. The third-order valence-corrected chi connectivity index (χ3v) is 5.67. The van der Waals surface area contributed by atoms with Gasteiger partial charge >= 0.3 is 5.97 Å². The molecule has 1 aromatic carbocycles. The van der Waals surface area contributed by atoms with Crippen molar-refractivity contribution in [2.24, 2.45) is 0 Å². The first kappa shape index (κ1) is 28.3. The molecule has 0 saturated carbocycles. The second-order valence-electron chi connectivity index (χ2n) is 7.66. The van der Waals surface area contributed by atoms with Crippen LogP contribution in [-0.4, -0.2) is 73.9 Å². The van der Waals surface area contributed by atoms with E-state index < -0.39 is 23.3 Å². The Bertz CT molecular complexity index is 1160. The van der Waals surface area contributed by atoms with E-state index in [4.69, 9.17) is 10.4 Å². The lowest BCUT2D eigenvalue weighted by molar-refractivity contribution is -0.253. The minimum Gasteiger partial charge on any atom is -0.478 e. The fourth-order valence-electron chi connectivity index (χ4n) is 3.61. The van der Waals surface area contributed by atoms with Gasteiger partial charge in [0.15, 0.2) is 0 Å². The highest BCUT2D eigenvalue weighted by molar-refractivity contribution is 6.18. The molecule has 0 saturated heterocycles. The summed E-state index contributed by atoms with van der Waals surface area (Å²) in [7, 11) is 0. The van der Waals surface area contributed by atoms with Gasteiger partial charge < -0.3 is 14.9 Å². The summed E-state index contributed by atoms with van der Waals surface area (Å²) in [6, 6.07) is 5.63. The summed E-state index contributed by atoms with van der Waals surface area (Å²) < 4.78 is 1.17. The van der Waals surface area contributed by atoms with Gasteiger partial charge in [-0.2, -0.15) is 0 Å². The van der Waals surface area contributed by atoms with Gasteiger partial charge in [-0.05, 0) is 64.1 Å². The summed E-state index contributed by atoms with van der Waals surface area (Å²) in [6.45, 7) is 8.69. The molecule has 0 aliphatic heterocycles. The van der Waals surface area contributed by atoms with E-state index in [-0.39, 0.29) is 29.0 Å². The molecule has 2 amide bonds. The molecule has 0 atom stereocenters. The fourth-order valence-corrected chi connectivity index (χ4v) is 3.61. The fraction of sp³-hybridized carbons (Fsp3) is 0.360. The SMILES string of the molecule is CCN(CC)C(=O)C(=CC=Cc1c(COO)[nH]n(-c2ccc(C(=O)O)cc2)c1=O)C(=O)N(CC)CC. The summed E-state index contributed by atoms with van der Waals surface area (Å²) in [6.07, 6.45) is 4.23. The number of aromatic nitrogens is 2. The molecule has 1 heterocycles. The minimum absolute atomic E-state index is 0.0290. The molecule has 0 bridgehead atoms. The molecule has 1 aromatic heterocycles. The molecular weight excluding hydrogens is 468 g/mol. The molecule has 0 fully saturated rings. The monoisotopic (exact) mass is 500 g/mol. The first-order valence-corrected chi connectivity index (χ1v) is 11.6. The smallest absolute Gasteiger partial charge is 0.335 e. The Hall–Kier alpha value is -3.96. The number of nitrogens with one attached hydrogen (secondary N) is 1. The molecule has 0 radical (unpaired) electrons. The molecule has 0 unspecified atom stereocenters. The van der Waals surface area contributed by atoms with Crippen molar-refractivity contribution < 1.29 is 29.6 Å². The average Bonchev–Trinajstić information content (AvgIpc) is 3.18. The summed E-state index contributed by atoms with van der Waals surface area (Å²) in [5.41, 5.74) is 0.271. The van der Waals surface area contributed by atoms with E-state index in [1.165, 1.54) is 57.0 Å². The van der Waals surface area contributed by atoms with Gasteiger partial charge in [0.1, 0.15) is 12.2 Å². The molecule has 2 aromatic rings. The van der Waals surface area contributed by atoms with Crippen molar-refractivity contribution in [3.8, 4) is 5.69 Å². The van der Waals surface area contributed by atoms with Crippen molar-refractivity contribution in [2.45, 2.75) is 34.3 Å². The number of allylic oxidation sites excluding steroid dienone is 2. The lowest BCUT2D eigenvalue weighted by atomic mass is 10.1.